The summed E-state index contributed by atoms with van der Waals surface area (Å²) in [5.41, 5.74) is 0.773. The van der Waals surface area contributed by atoms with E-state index in [-0.39, 0.29) is 24.0 Å². The third-order valence-corrected chi connectivity index (χ3v) is 6.41. The van der Waals surface area contributed by atoms with Gasteiger partial charge in [0, 0.05) is 5.92 Å². The fourth-order valence-corrected chi connectivity index (χ4v) is 5.73. The Bertz CT molecular complexity index is 435. The van der Waals surface area contributed by atoms with Gasteiger partial charge < -0.3 is 8.85 Å². The highest BCUT2D eigenvalue weighted by atomic mass is 28.4. The molecule has 0 unspecified atom stereocenters. The van der Waals surface area contributed by atoms with Gasteiger partial charge in [-0.25, -0.2) is 0 Å². The van der Waals surface area contributed by atoms with Crippen molar-refractivity contribution < 1.29 is 13.6 Å². The second kappa shape index (κ2) is 10.2. The third kappa shape index (κ3) is 9.87. The number of allylic oxidation sites excluding steroid dienone is 1. The number of aldehydes is 1. The van der Waals surface area contributed by atoms with Gasteiger partial charge in [-0.3, -0.25) is 4.79 Å². The Labute approximate surface area is 158 Å². The highest BCUT2D eigenvalue weighted by Gasteiger charge is 2.37. The van der Waals surface area contributed by atoms with E-state index >= 15 is 0 Å². The minimum atomic E-state index is -1.72. The van der Waals surface area contributed by atoms with Crippen LogP contribution < -0.4 is 0 Å². The van der Waals surface area contributed by atoms with Crippen molar-refractivity contribution in [2.45, 2.75) is 92.5 Å². The lowest BCUT2D eigenvalue weighted by molar-refractivity contribution is -0.104. The van der Waals surface area contributed by atoms with E-state index in [2.05, 4.69) is 73.1 Å². The van der Waals surface area contributed by atoms with Gasteiger partial charge in [0.15, 0.2) is 16.6 Å². The first kappa shape index (κ1) is 24.8. The molecule has 5 atom stereocenters. The zero-order valence-electron chi connectivity index (χ0n) is 18.5. The average molecular weight is 387 g/mol. The van der Waals surface area contributed by atoms with Crippen molar-refractivity contribution in [1.29, 1.82) is 0 Å². The molecule has 0 saturated carbocycles. The maximum atomic E-state index is 11.1. The van der Waals surface area contributed by atoms with Gasteiger partial charge in [0.2, 0.25) is 0 Å². The van der Waals surface area contributed by atoms with Crippen molar-refractivity contribution in [3.63, 3.8) is 0 Å². The molecule has 0 aromatic carbocycles. The van der Waals surface area contributed by atoms with Crippen LogP contribution in [0, 0.1) is 17.8 Å². The number of carbonyl (C=O) groups excluding carboxylic acids is 1. The smallest absolute Gasteiger partial charge is 0.184 e. The molecule has 0 bridgehead atoms. The fourth-order valence-electron chi connectivity index (χ4n) is 3.22. The summed E-state index contributed by atoms with van der Waals surface area (Å²) in [5, 5.41) is 0. The minimum Gasteiger partial charge on any atom is -0.414 e. The summed E-state index contributed by atoms with van der Waals surface area (Å²) in [4.78, 5) is 11.1. The number of rotatable bonds is 11. The van der Waals surface area contributed by atoms with Gasteiger partial charge in [-0.05, 0) is 63.6 Å². The number of carbonyl (C=O) groups is 1. The maximum Gasteiger partial charge on any atom is 0.184 e. The van der Waals surface area contributed by atoms with Crippen molar-refractivity contribution >= 4 is 22.9 Å². The molecule has 0 aromatic heterocycles. The summed E-state index contributed by atoms with van der Waals surface area (Å²) >= 11 is 0. The Hall–Kier alpha value is -0.236. The van der Waals surface area contributed by atoms with Gasteiger partial charge in [-0.15, -0.1) is 0 Å². The number of hydrogen-bond acceptors (Lipinski definition) is 3. The molecule has 0 rings (SSSR count). The van der Waals surface area contributed by atoms with Crippen LogP contribution in [0.5, 0.6) is 0 Å². The van der Waals surface area contributed by atoms with E-state index < -0.39 is 16.6 Å². The molecular weight excluding hydrogens is 344 g/mol. The van der Waals surface area contributed by atoms with Crippen molar-refractivity contribution in [2.75, 3.05) is 0 Å². The first-order valence-corrected chi connectivity index (χ1v) is 16.5. The fraction of sp³-hybridized carbons (Fsp3) is 0.850. The zero-order chi connectivity index (χ0) is 20.0. The second-order valence-electron chi connectivity index (χ2n) is 9.52. The van der Waals surface area contributed by atoms with Crippen molar-refractivity contribution in [3.05, 3.63) is 11.6 Å². The molecule has 0 spiro atoms. The molecule has 0 aliphatic rings. The number of hydrogen-bond donors (Lipinski definition) is 0. The summed E-state index contributed by atoms with van der Waals surface area (Å²) in [6.07, 6.45) is 4.33. The Morgan fingerprint density at radius 1 is 0.920 bits per heavy atom. The highest BCUT2D eigenvalue weighted by Crippen LogP contribution is 2.32. The molecule has 0 radical (unpaired) electrons. The topological polar surface area (TPSA) is 35.5 Å². The molecule has 0 fully saturated rings. The summed E-state index contributed by atoms with van der Waals surface area (Å²) in [7, 11) is -3.37. The Kier molecular flexibility index (Phi) is 10.1. The first-order valence-electron chi connectivity index (χ1n) is 9.71. The van der Waals surface area contributed by atoms with E-state index in [9.17, 15) is 4.79 Å². The zero-order valence-corrected chi connectivity index (χ0v) is 20.5. The normalized spacial score (nSPS) is 19.9. The Balaban J connectivity index is 5.72. The molecule has 25 heavy (non-hydrogen) atoms. The van der Waals surface area contributed by atoms with Crippen LogP contribution in [0.15, 0.2) is 11.6 Å². The quantitative estimate of drug-likeness (QED) is 0.252. The lowest BCUT2D eigenvalue weighted by Gasteiger charge is -2.42. The van der Waals surface area contributed by atoms with Gasteiger partial charge in [-0.1, -0.05) is 40.2 Å². The molecule has 0 heterocycles. The van der Waals surface area contributed by atoms with Gasteiger partial charge in [0.25, 0.3) is 0 Å². The van der Waals surface area contributed by atoms with Gasteiger partial charge >= 0.3 is 0 Å². The van der Waals surface area contributed by atoms with Crippen molar-refractivity contribution in [1.82, 2.24) is 0 Å². The SMILES string of the molecule is CC[C@H](C)[C@@H](O[Si](C)(C)C)[C@H](C)[C@H](O[Si](C)(C)C)[C@H](C)/C=C(\C)C=O. The standard InChI is InChI=1S/C20H42O3Si2/c1-12-16(3)19(22-24(6,7)8)18(5)20(23-25(9,10)11)17(4)13-15(2)14-21/h13-14,16-20H,12H2,1-11H3/b15-13+/t16-,17+,18-,19+,20+/m0/s1. The summed E-state index contributed by atoms with van der Waals surface area (Å²) in [6, 6.07) is 0. The highest BCUT2D eigenvalue weighted by molar-refractivity contribution is 6.70. The van der Waals surface area contributed by atoms with Crippen LogP contribution in [-0.4, -0.2) is 35.1 Å². The van der Waals surface area contributed by atoms with Crippen LogP contribution in [-0.2, 0) is 13.6 Å². The molecule has 0 aliphatic heterocycles. The van der Waals surface area contributed by atoms with Crippen molar-refractivity contribution in [3.8, 4) is 0 Å². The Morgan fingerprint density at radius 3 is 1.72 bits per heavy atom. The van der Waals surface area contributed by atoms with Gasteiger partial charge in [-0.2, -0.15) is 0 Å². The van der Waals surface area contributed by atoms with Crippen LogP contribution in [0.25, 0.3) is 0 Å². The van der Waals surface area contributed by atoms with Crippen LogP contribution in [0.1, 0.15) is 41.0 Å². The first-order chi connectivity index (χ1) is 11.2. The summed E-state index contributed by atoms with van der Waals surface area (Å²) < 4.78 is 13.2. The van der Waals surface area contributed by atoms with E-state index in [4.69, 9.17) is 8.85 Å². The van der Waals surface area contributed by atoms with Crippen LogP contribution in [0.3, 0.4) is 0 Å². The predicted molar refractivity (Wildman–Crippen MR) is 114 cm³/mol. The summed E-state index contributed by atoms with van der Waals surface area (Å²) in [6.45, 7) is 24.3. The van der Waals surface area contributed by atoms with Crippen LogP contribution >= 0.6 is 0 Å². The second-order valence-corrected chi connectivity index (χ2v) is 18.4. The summed E-state index contributed by atoms with van der Waals surface area (Å²) in [5.74, 6) is 0.945. The molecule has 0 amide bonds. The largest absolute Gasteiger partial charge is 0.414 e. The molecule has 0 N–H and O–H groups in total. The molecule has 3 nitrogen and oxygen atoms in total. The molecule has 148 valence electrons. The van der Waals surface area contributed by atoms with E-state index in [1.807, 2.05) is 6.92 Å². The van der Waals surface area contributed by atoms with E-state index in [0.29, 0.717) is 5.92 Å². The van der Waals surface area contributed by atoms with Gasteiger partial charge in [0.05, 0.1) is 12.2 Å². The molecule has 5 heteroatoms. The molecule has 0 aliphatic carbocycles. The lowest BCUT2D eigenvalue weighted by Crippen LogP contribution is -2.48. The molecule has 0 aromatic rings. The Morgan fingerprint density at radius 2 is 1.36 bits per heavy atom. The van der Waals surface area contributed by atoms with E-state index in [1.54, 1.807) is 0 Å². The molecule has 0 saturated heterocycles. The monoisotopic (exact) mass is 386 g/mol. The predicted octanol–water partition coefficient (Wildman–Crippen LogP) is 5.89. The molecular formula is C20H42O3Si2. The lowest BCUT2D eigenvalue weighted by atomic mass is 9.83. The minimum absolute atomic E-state index is 0.0666. The van der Waals surface area contributed by atoms with Crippen LogP contribution in [0.4, 0.5) is 0 Å². The third-order valence-electron chi connectivity index (χ3n) is 4.45. The van der Waals surface area contributed by atoms with Gasteiger partial charge in [0.1, 0.15) is 6.29 Å². The average Bonchev–Trinajstić information content (AvgIpc) is 2.46. The van der Waals surface area contributed by atoms with E-state index in [0.717, 1.165) is 18.3 Å². The van der Waals surface area contributed by atoms with Crippen molar-refractivity contribution in [2.24, 2.45) is 17.8 Å². The van der Waals surface area contributed by atoms with Crippen LogP contribution in [0.2, 0.25) is 39.3 Å². The maximum absolute atomic E-state index is 11.1. The van der Waals surface area contributed by atoms with E-state index in [1.165, 1.54) is 0 Å².